The number of amides is 1. The zero-order chi connectivity index (χ0) is 21.2. The predicted octanol–water partition coefficient (Wildman–Crippen LogP) is 2.46. The van der Waals surface area contributed by atoms with Crippen molar-refractivity contribution in [3.8, 4) is 0 Å². The van der Waals surface area contributed by atoms with Crippen LogP contribution in [-0.4, -0.2) is 80.7 Å². The molecule has 7 nitrogen and oxygen atoms in total. The summed E-state index contributed by atoms with van der Waals surface area (Å²) in [7, 11) is 3.52. The number of hydrogen-bond acceptors (Lipinski definition) is 4. The standard InChI is InChI=1S/C23H37N5O2.HI/c1-27(2)22(29)16-25-23(24-15-21-12-6-7-14-30-21)26-20-11-8-13-28(18-20)17-19-9-4-3-5-10-19;/h3-5,9-10,20-21H,6-8,11-18H2,1-2H3,(H2,24,25,26);1H. The first-order chi connectivity index (χ1) is 14.6. The van der Waals surface area contributed by atoms with E-state index in [1.165, 1.54) is 12.0 Å². The van der Waals surface area contributed by atoms with Crippen LogP contribution in [0.3, 0.4) is 0 Å². The minimum absolute atomic E-state index is 0. The predicted molar refractivity (Wildman–Crippen MR) is 136 cm³/mol. The minimum Gasteiger partial charge on any atom is -0.376 e. The minimum atomic E-state index is -0.000588. The average molecular weight is 543 g/mol. The molecule has 0 radical (unpaired) electrons. The van der Waals surface area contributed by atoms with Crippen LogP contribution in [0.4, 0.5) is 0 Å². The first kappa shape index (κ1) is 25.9. The molecule has 2 atom stereocenters. The number of hydrogen-bond donors (Lipinski definition) is 2. The Morgan fingerprint density at radius 2 is 2.00 bits per heavy atom. The zero-order valence-corrected chi connectivity index (χ0v) is 21.2. The highest BCUT2D eigenvalue weighted by Crippen LogP contribution is 2.14. The largest absolute Gasteiger partial charge is 0.376 e. The molecule has 0 aliphatic carbocycles. The molecule has 2 saturated heterocycles. The lowest BCUT2D eigenvalue weighted by molar-refractivity contribution is -0.127. The van der Waals surface area contributed by atoms with Crippen molar-refractivity contribution in [3.05, 3.63) is 35.9 Å². The highest BCUT2D eigenvalue weighted by Gasteiger charge is 2.22. The van der Waals surface area contributed by atoms with Crippen LogP contribution in [0.15, 0.2) is 35.3 Å². The van der Waals surface area contributed by atoms with Gasteiger partial charge in [0, 0.05) is 46.4 Å². The Hall–Kier alpha value is -1.39. The smallest absolute Gasteiger partial charge is 0.243 e. The fourth-order valence-corrected chi connectivity index (χ4v) is 3.97. The van der Waals surface area contributed by atoms with Crippen LogP contribution in [0.5, 0.6) is 0 Å². The molecular weight excluding hydrogens is 505 g/mol. The summed E-state index contributed by atoms with van der Waals surface area (Å²) in [6.45, 7) is 4.76. The number of ether oxygens (including phenoxy) is 1. The van der Waals surface area contributed by atoms with E-state index >= 15 is 0 Å². The molecule has 3 rings (SSSR count). The van der Waals surface area contributed by atoms with E-state index < -0.39 is 0 Å². The van der Waals surface area contributed by atoms with Crippen molar-refractivity contribution in [2.45, 2.75) is 50.8 Å². The number of piperidine rings is 1. The number of aliphatic imine (C=N–C) groups is 1. The van der Waals surface area contributed by atoms with Crippen LogP contribution >= 0.6 is 24.0 Å². The summed E-state index contributed by atoms with van der Waals surface area (Å²) in [5, 5.41) is 7.00. The lowest BCUT2D eigenvalue weighted by Gasteiger charge is -2.34. The van der Waals surface area contributed by atoms with Gasteiger partial charge in [-0.25, -0.2) is 4.99 Å². The summed E-state index contributed by atoms with van der Waals surface area (Å²) in [6.07, 6.45) is 5.91. The second-order valence-electron chi connectivity index (χ2n) is 8.53. The molecule has 0 saturated carbocycles. The van der Waals surface area contributed by atoms with Gasteiger partial charge in [0.15, 0.2) is 5.96 Å². The molecule has 8 heteroatoms. The number of carbonyl (C=O) groups excluding carboxylic acids is 1. The molecule has 1 aromatic rings. The number of nitrogens with zero attached hydrogens (tertiary/aromatic N) is 3. The van der Waals surface area contributed by atoms with Crippen molar-refractivity contribution < 1.29 is 9.53 Å². The van der Waals surface area contributed by atoms with Gasteiger partial charge in [-0.05, 0) is 44.2 Å². The van der Waals surface area contributed by atoms with Crippen molar-refractivity contribution in [2.24, 2.45) is 4.99 Å². The number of guanidine groups is 1. The van der Waals surface area contributed by atoms with Crippen LogP contribution in [0.25, 0.3) is 0 Å². The Morgan fingerprint density at radius 1 is 1.19 bits per heavy atom. The van der Waals surface area contributed by atoms with E-state index in [9.17, 15) is 4.79 Å². The maximum Gasteiger partial charge on any atom is 0.243 e. The Labute approximate surface area is 204 Å². The molecule has 0 aromatic heterocycles. The third kappa shape index (κ3) is 9.33. The third-order valence-electron chi connectivity index (χ3n) is 5.74. The van der Waals surface area contributed by atoms with Crippen LogP contribution in [0.2, 0.25) is 0 Å². The molecular formula is C23H38IN5O2. The summed E-state index contributed by atoms with van der Waals surface area (Å²) in [5.74, 6) is 0.713. The number of carbonyl (C=O) groups is 1. The summed E-state index contributed by atoms with van der Waals surface area (Å²) in [4.78, 5) is 20.7. The van der Waals surface area contributed by atoms with Gasteiger partial charge in [0.25, 0.3) is 0 Å². The van der Waals surface area contributed by atoms with Crippen molar-refractivity contribution in [1.29, 1.82) is 0 Å². The van der Waals surface area contributed by atoms with Crippen molar-refractivity contribution in [2.75, 3.05) is 46.9 Å². The van der Waals surface area contributed by atoms with Gasteiger partial charge in [0.1, 0.15) is 6.54 Å². The molecule has 31 heavy (non-hydrogen) atoms. The normalized spacial score (nSPS) is 22.3. The van der Waals surface area contributed by atoms with Crippen LogP contribution < -0.4 is 10.6 Å². The molecule has 2 fully saturated rings. The number of benzene rings is 1. The van der Waals surface area contributed by atoms with Gasteiger partial charge in [0.05, 0.1) is 6.10 Å². The molecule has 2 N–H and O–H groups in total. The number of rotatable bonds is 7. The third-order valence-corrected chi connectivity index (χ3v) is 5.74. The average Bonchev–Trinajstić information content (AvgIpc) is 2.77. The maximum absolute atomic E-state index is 12.0. The number of halogens is 1. The van der Waals surface area contributed by atoms with Crippen molar-refractivity contribution in [3.63, 3.8) is 0 Å². The summed E-state index contributed by atoms with van der Waals surface area (Å²) in [6, 6.07) is 10.9. The van der Waals surface area contributed by atoms with Crippen molar-refractivity contribution >= 4 is 35.8 Å². The van der Waals surface area contributed by atoms with E-state index in [1.807, 2.05) is 0 Å². The zero-order valence-electron chi connectivity index (χ0n) is 18.9. The molecule has 2 heterocycles. The van der Waals surface area contributed by atoms with Crippen LogP contribution in [0, 0.1) is 0 Å². The van der Waals surface area contributed by atoms with Crippen LogP contribution in [-0.2, 0) is 16.1 Å². The van der Waals surface area contributed by atoms with Gasteiger partial charge in [-0.15, -0.1) is 24.0 Å². The molecule has 2 aliphatic heterocycles. The molecule has 1 aromatic carbocycles. The first-order valence-corrected chi connectivity index (χ1v) is 11.2. The molecule has 2 unspecified atom stereocenters. The lowest BCUT2D eigenvalue weighted by Crippen LogP contribution is -2.52. The highest BCUT2D eigenvalue weighted by atomic mass is 127. The Balaban J connectivity index is 0.00000341. The Morgan fingerprint density at radius 3 is 2.71 bits per heavy atom. The Bertz CT molecular complexity index is 680. The van der Waals surface area contributed by atoms with Gasteiger partial charge in [-0.3, -0.25) is 9.69 Å². The topological polar surface area (TPSA) is 69.2 Å². The number of nitrogens with one attached hydrogen (secondary N) is 2. The van der Waals surface area contributed by atoms with Gasteiger partial charge >= 0.3 is 0 Å². The highest BCUT2D eigenvalue weighted by molar-refractivity contribution is 14.0. The van der Waals surface area contributed by atoms with Gasteiger partial charge < -0.3 is 20.3 Å². The molecule has 2 aliphatic rings. The molecule has 0 bridgehead atoms. The first-order valence-electron chi connectivity index (χ1n) is 11.2. The van der Waals surface area contributed by atoms with Gasteiger partial charge in [-0.2, -0.15) is 0 Å². The molecule has 1 amide bonds. The van der Waals surface area contributed by atoms with Gasteiger partial charge in [0.2, 0.25) is 5.91 Å². The van der Waals surface area contributed by atoms with E-state index in [-0.39, 0.29) is 42.5 Å². The van der Waals surface area contributed by atoms with E-state index in [1.54, 1.807) is 19.0 Å². The summed E-state index contributed by atoms with van der Waals surface area (Å²) in [5.41, 5.74) is 1.34. The SMILES string of the molecule is CN(C)C(=O)CN=C(NCC1CCCCO1)NC1CCCN(Cc2ccccc2)C1.I. The van der Waals surface area contributed by atoms with Crippen LogP contribution in [0.1, 0.15) is 37.7 Å². The van der Waals surface area contributed by atoms with Crippen molar-refractivity contribution in [1.82, 2.24) is 20.4 Å². The summed E-state index contributed by atoms with van der Waals surface area (Å²) >= 11 is 0. The van der Waals surface area contributed by atoms with E-state index in [4.69, 9.17) is 4.74 Å². The summed E-state index contributed by atoms with van der Waals surface area (Å²) < 4.78 is 5.84. The van der Waals surface area contributed by atoms with E-state index in [0.717, 1.165) is 58.5 Å². The fraction of sp³-hybridized carbons (Fsp3) is 0.652. The van der Waals surface area contributed by atoms with E-state index in [2.05, 4.69) is 50.9 Å². The maximum atomic E-state index is 12.0. The second-order valence-corrected chi connectivity index (χ2v) is 8.53. The Kier molecular flexibility index (Phi) is 11.6. The van der Waals surface area contributed by atoms with Gasteiger partial charge in [-0.1, -0.05) is 30.3 Å². The number of likely N-dealkylation sites (N-methyl/N-ethyl adjacent to an activating group) is 1. The fourth-order valence-electron chi connectivity index (χ4n) is 3.97. The molecule has 0 spiro atoms. The van der Waals surface area contributed by atoms with E-state index in [0.29, 0.717) is 12.0 Å². The molecule has 174 valence electrons. The quantitative estimate of drug-likeness (QED) is 0.314. The lowest BCUT2D eigenvalue weighted by atomic mass is 10.0. The second kappa shape index (κ2) is 13.9. The monoisotopic (exact) mass is 543 g/mol. The number of likely N-dealkylation sites (tertiary alicyclic amines) is 1.